The lowest BCUT2D eigenvalue weighted by Crippen LogP contribution is -2.00. The van der Waals surface area contributed by atoms with E-state index in [0.29, 0.717) is 0 Å². The van der Waals surface area contributed by atoms with Crippen LogP contribution in [0, 0.1) is 0 Å². The Balaban J connectivity index is 2.81. The van der Waals surface area contributed by atoms with Crippen LogP contribution in [0.15, 0.2) is 27.6 Å². The molecule has 0 aliphatic carbocycles. The molecule has 1 N–H and O–H groups in total. The lowest BCUT2D eigenvalue weighted by atomic mass is 10.3. The molecular formula is C8H10BrNO2S. The monoisotopic (exact) mass is 263 g/mol. The summed E-state index contributed by atoms with van der Waals surface area (Å²) in [6.07, 6.45) is 0. The molecule has 0 saturated heterocycles. The van der Waals surface area contributed by atoms with Gasteiger partial charge in [0.05, 0.1) is 19.1 Å². The Labute approximate surface area is 90.0 Å². The molecular weight excluding hydrogens is 254 g/mol. The minimum Gasteiger partial charge on any atom is -0.496 e. The van der Waals surface area contributed by atoms with E-state index in [4.69, 9.17) is 9.57 Å². The van der Waals surface area contributed by atoms with Gasteiger partial charge in [-0.1, -0.05) is 15.9 Å². The molecule has 0 aliphatic heterocycles. The van der Waals surface area contributed by atoms with Crippen molar-refractivity contribution in [3.05, 3.63) is 22.7 Å². The molecule has 0 radical (unpaired) electrons. The first kappa shape index (κ1) is 10.8. The predicted molar refractivity (Wildman–Crippen MR) is 56.7 cm³/mol. The first-order valence-corrected chi connectivity index (χ1v) is 5.17. The Hall–Kier alpha value is -0.230. The van der Waals surface area contributed by atoms with Crippen LogP contribution in [0.25, 0.3) is 0 Å². The summed E-state index contributed by atoms with van der Waals surface area (Å²) in [6, 6.07) is 5.77. The van der Waals surface area contributed by atoms with Crippen LogP contribution in [0.5, 0.6) is 5.75 Å². The first-order chi connectivity index (χ1) is 6.27. The van der Waals surface area contributed by atoms with Gasteiger partial charge in [0, 0.05) is 4.47 Å². The number of methoxy groups -OCH3 is 1. The summed E-state index contributed by atoms with van der Waals surface area (Å²) in [7, 11) is 3.21. The van der Waals surface area contributed by atoms with E-state index in [1.165, 1.54) is 11.9 Å². The Morgan fingerprint density at radius 1 is 1.38 bits per heavy atom. The van der Waals surface area contributed by atoms with Crippen LogP contribution in [0.4, 0.5) is 0 Å². The highest BCUT2D eigenvalue weighted by molar-refractivity contribution is 9.10. The zero-order valence-corrected chi connectivity index (χ0v) is 9.74. The van der Waals surface area contributed by atoms with Crippen molar-refractivity contribution in [1.82, 2.24) is 4.89 Å². The summed E-state index contributed by atoms with van der Waals surface area (Å²) in [4.78, 5) is 8.38. The van der Waals surface area contributed by atoms with E-state index < -0.39 is 0 Å². The highest BCUT2D eigenvalue weighted by Gasteiger charge is 2.03. The molecule has 0 aromatic heterocycles. The van der Waals surface area contributed by atoms with Gasteiger partial charge < -0.3 is 4.74 Å². The number of halogens is 1. The van der Waals surface area contributed by atoms with Gasteiger partial charge in [-0.15, -0.1) is 4.89 Å². The number of ether oxygens (including phenoxy) is 1. The molecule has 0 aliphatic rings. The van der Waals surface area contributed by atoms with Crippen LogP contribution in [0.1, 0.15) is 0 Å². The SMILES string of the molecule is CONSc1cc(Br)ccc1OC. The maximum Gasteiger partial charge on any atom is 0.133 e. The van der Waals surface area contributed by atoms with E-state index in [0.717, 1.165) is 15.1 Å². The van der Waals surface area contributed by atoms with E-state index in [1.807, 2.05) is 18.2 Å². The van der Waals surface area contributed by atoms with Crippen LogP contribution in [0.2, 0.25) is 0 Å². The zero-order chi connectivity index (χ0) is 9.68. The van der Waals surface area contributed by atoms with Crippen LogP contribution < -0.4 is 9.62 Å². The molecule has 0 fully saturated rings. The van der Waals surface area contributed by atoms with Crippen LogP contribution in [-0.2, 0) is 4.84 Å². The fourth-order valence-electron chi connectivity index (χ4n) is 0.817. The van der Waals surface area contributed by atoms with Crippen LogP contribution in [-0.4, -0.2) is 14.2 Å². The molecule has 1 rings (SSSR count). The van der Waals surface area contributed by atoms with Crippen LogP contribution >= 0.6 is 27.9 Å². The van der Waals surface area contributed by atoms with E-state index in [9.17, 15) is 0 Å². The lowest BCUT2D eigenvalue weighted by Gasteiger charge is -2.07. The summed E-state index contributed by atoms with van der Waals surface area (Å²) >= 11 is 4.74. The van der Waals surface area contributed by atoms with Gasteiger partial charge in [0.25, 0.3) is 0 Å². The standard InChI is InChI=1S/C8H10BrNO2S/c1-11-7-4-3-6(9)5-8(7)13-10-12-2/h3-5,10H,1-2H3. The Morgan fingerprint density at radius 2 is 2.15 bits per heavy atom. The summed E-state index contributed by atoms with van der Waals surface area (Å²) in [6.45, 7) is 0. The van der Waals surface area contributed by atoms with Gasteiger partial charge in [-0.2, -0.15) is 0 Å². The van der Waals surface area contributed by atoms with Gasteiger partial charge in [-0.3, -0.25) is 4.84 Å². The number of hydrogen-bond acceptors (Lipinski definition) is 4. The average molecular weight is 264 g/mol. The second-order valence-electron chi connectivity index (χ2n) is 2.18. The lowest BCUT2D eigenvalue weighted by molar-refractivity contribution is 0.163. The predicted octanol–water partition coefficient (Wildman–Crippen LogP) is 2.62. The van der Waals surface area contributed by atoms with Gasteiger partial charge in [0.15, 0.2) is 0 Å². The summed E-state index contributed by atoms with van der Waals surface area (Å²) in [5, 5.41) is 0. The quantitative estimate of drug-likeness (QED) is 0.669. The minimum absolute atomic E-state index is 0.817. The molecule has 0 spiro atoms. The van der Waals surface area contributed by atoms with Crippen molar-refractivity contribution in [2.45, 2.75) is 4.90 Å². The summed E-state index contributed by atoms with van der Waals surface area (Å²) in [5.74, 6) is 0.817. The molecule has 3 nitrogen and oxygen atoms in total. The average Bonchev–Trinajstić information content (AvgIpc) is 2.15. The van der Waals surface area contributed by atoms with Crippen molar-refractivity contribution in [2.24, 2.45) is 0 Å². The second kappa shape index (κ2) is 5.49. The Morgan fingerprint density at radius 3 is 2.77 bits per heavy atom. The van der Waals surface area contributed by atoms with Crippen molar-refractivity contribution < 1.29 is 9.57 Å². The molecule has 1 aromatic rings. The van der Waals surface area contributed by atoms with Gasteiger partial charge in [0.2, 0.25) is 0 Å². The molecule has 0 unspecified atom stereocenters. The minimum atomic E-state index is 0.817. The summed E-state index contributed by atoms with van der Waals surface area (Å²) < 4.78 is 6.17. The van der Waals surface area contributed by atoms with E-state index >= 15 is 0 Å². The highest BCUT2D eigenvalue weighted by atomic mass is 79.9. The highest BCUT2D eigenvalue weighted by Crippen LogP contribution is 2.29. The summed E-state index contributed by atoms with van der Waals surface area (Å²) in [5.41, 5.74) is 0. The normalized spacial score (nSPS) is 10.1. The third-order valence-corrected chi connectivity index (χ3v) is 2.64. The Kier molecular flexibility index (Phi) is 4.58. The fourth-order valence-corrected chi connectivity index (χ4v) is 1.94. The smallest absolute Gasteiger partial charge is 0.133 e. The number of hydrogen-bond donors (Lipinski definition) is 1. The number of nitrogens with one attached hydrogen (secondary N) is 1. The van der Waals surface area contributed by atoms with Gasteiger partial charge in [-0.05, 0) is 30.1 Å². The fraction of sp³-hybridized carbons (Fsp3) is 0.250. The molecule has 72 valence electrons. The van der Waals surface area contributed by atoms with Crippen molar-refractivity contribution in [2.75, 3.05) is 14.2 Å². The third kappa shape index (κ3) is 3.19. The first-order valence-electron chi connectivity index (χ1n) is 3.56. The zero-order valence-electron chi connectivity index (χ0n) is 7.33. The van der Waals surface area contributed by atoms with Gasteiger partial charge in [0.1, 0.15) is 5.75 Å². The molecule has 0 amide bonds. The Bertz CT molecular complexity index is 283. The molecule has 5 heteroatoms. The number of benzene rings is 1. The molecule has 0 saturated carbocycles. The maximum atomic E-state index is 5.16. The third-order valence-electron chi connectivity index (χ3n) is 1.36. The molecule has 0 atom stereocenters. The van der Waals surface area contributed by atoms with E-state index in [-0.39, 0.29) is 0 Å². The molecule has 13 heavy (non-hydrogen) atoms. The maximum absolute atomic E-state index is 5.16. The van der Waals surface area contributed by atoms with Crippen LogP contribution in [0.3, 0.4) is 0 Å². The largest absolute Gasteiger partial charge is 0.496 e. The second-order valence-corrected chi connectivity index (χ2v) is 3.91. The van der Waals surface area contributed by atoms with E-state index in [2.05, 4.69) is 20.8 Å². The van der Waals surface area contributed by atoms with Crippen molar-refractivity contribution >= 4 is 27.9 Å². The van der Waals surface area contributed by atoms with Gasteiger partial charge >= 0.3 is 0 Å². The van der Waals surface area contributed by atoms with E-state index in [1.54, 1.807) is 14.2 Å². The molecule has 0 bridgehead atoms. The number of rotatable bonds is 4. The topological polar surface area (TPSA) is 30.5 Å². The van der Waals surface area contributed by atoms with Crippen molar-refractivity contribution in [1.29, 1.82) is 0 Å². The molecule has 0 heterocycles. The van der Waals surface area contributed by atoms with Crippen molar-refractivity contribution in [3.8, 4) is 5.75 Å². The molecule has 1 aromatic carbocycles. The van der Waals surface area contributed by atoms with Gasteiger partial charge in [-0.25, -0.2) is 0 Å². The van der Waals surface area contributed by atoms with Crippen molar-refractivity contribution in [3.63, 3.8) is 0 Å².